The van der Waals surface area contributed by atoms with Gasteiger partial charge in [0.15, 0.2) is 0 Å². The van der Waals surface area contributed by atoms with E-state index in [1.807, 2.05) is 27.8 Å². The Morgan fingerprint density at radius 3 is 2.53 bits per heavy atom. The van der Waals surface area contributed by atoms with Crippen LogP contribution in [0.15, 0.2) is 0 Å². The summed E-state index contributed by atoms with van der Waals surface area (Å²) in [6.45, 7) is 8.79. The second kappa shape index (κ2) is 5.71. The summed E-state index contributed by atoms with van der Waals surface area (Å²) >= 11 is 0. The lowest BCUT2D eigenvalue weighted by Crippen LogP contribution is -2.47. The van der Waals surface area contributed by atoms with Gasteiger partial charge in [0.1, 0.15) is 0 Å². The van der Waals surface area contributed by atoms with Crippen LogP contribution >= 0.6 is 0 Å². The third-order valence-corrected chi connectivity index (χ3v) is 3.73. The topological polar surface area (TPSA) is 59.4 Å². The molecule has 0 aliphatic carbocycles. The summed E-state index contributed by atoms with van der Waals surface area (Å²) in [5.74, 6) is 0.0149. The molecule has 0 bridgehead atoms. The lowest BCUT2D eigenvalue weighted by atomic mass is 10.2. The maximum atomic E-state index is 12.3. The van der Waals surface area contributed by atoms with Crippen LogP contribution in [0.25, 0.3) is 0 Å². The van der Waals surface area contributed by atoms with E-state index in [1.54, 1.807) is 4.68 Å². The number of nitrogens with zero attached hydrogens (tertiary/aromatic N) is 3. The molecule has 1 amide bonds. The molecule has 0 unspecified atom stereocenters. The molecule has 1 aliphatic heterocycles. The molecule has 106 valence electrons. The highest BCUT2D eigenvalue weighted by Crippen LogP contribution is 2.19. The predicted octanol–water partition coefficient (Wildman–Crippen LogP) is 0.696. The maximum Gasteiger partial charge on any atom is 0.241 e. The van der Waals surface area contributed by atoms with Crippen molar-refractivity contribution in [3.63, 3.8) is 0 Å². The predicted molar refractivity (Wildman–Crippen MR) is 73.2 cm³/mol. The summed E-state index contributed by atoms with van der Waals surface area (Å²) < 4.78 is 7.08. The molecule has 2 heterocycles. The first-order valence-corrected chi connectivity index (χ1v) is 6.63. The number of carbonyl (C=O) groups is 1. The Hall–Kier alpha value is -1.40. The number of carbonyl (C=O) groups excluding carboxylic acids is 1. The van der Waals surface area contributed by atoms with E-state index >= 15 is 0 Å². The fourth-order valence-corrected chi connectivity index (χ4v) is 2.31. The highest BCUT2D eigenvalue weighted by Gasteiger charge is 2.24. The summed E-state index contributed by atoms with van der Waals surface area (Å²) in [6, 6.07) is -0.150. The zero-order valence-electron chi connectivity index (χ0n) is 12.1. The van der Waals surface area contributed by atoms with Crippen molar-refractivity contribution < 1.29 is 9.53 Å². The van der Waals surface area contributed by atoms with Crippen LogP contribution in [0.5, 0.6) is 0 Å². The van der Waals surface area contributed by atoms with Crippen LogP contribution in [0, 0.1) is 13.8 Å². The normalized spacial score (nSPS) is 18.3. The van der Waals surface area contributed by atoms with Crippen molar-refractivity contribution in [2.75, 3.05) is 31.6 Å². The van der Waals surface area contributed by atoms with Gasteiger partial charge in [-0.1, -0.05) is 0 Å². The smallest absolute Gasteiger partial charge is 0.241 e. The van der Waals surface area contributed by atoms with Gasteiger partial charge in [-0.25, -0.2) is 0 Å². The average Bonchev–Trinajstić information content (AvgIpc) is 2.65. The third kappa shape index (κ3) is 2.96. The zero-order valence-corrected chi connectivity index (χ0v) is 12.1. The number of ether oxygens (including phenoxy) is 1. The zero-order chi connectivity index (χ0) is 14.0. The van der Waals surface area contributed by atoms with Crippen molar-refractivity contribution in [1.82, 2.24) is 14.7 Å². The number of amides is 1. The van der Waals surface area contributed by atoms with Gasteiger partial charge >= 0.3 is 0 Å². The Balaban J connectivity index is 2.03. The van der Waals surface area contributed by atoms with Crippen molar-refractivity contribution in [3.8, 4) is 0 Å². The van der Waals surface area contributed by atoms with Gasteiger partial charge in [0.05, 0.1) is 36.3 Å². The SMILES string of the molecule is Cc1nn(C)c(C)c1NC(=O)[C@H](C)N1CCOCC1. The van der Waals surface area contributed by atoms with E-state index in [2.05, 4.69) is 15.3 Å². The first-order valence-electron chi connectivity index (χ1n) is 6.63. The Bertz CT molecular complexity index is 463. The summed E-state index contributed by atoms with van der Waals surface area (Å²) in [6.07, 6.45) is 0. The van der Waals surface area contributed by atoms with Crippen molar-refractivity contribution in [1.29, 1.82) is 0 Å². The second-order valence-electron chi connectivity index (χ2n) is 4.98. The van der Waals surface area contributed by atoms with Crippen LogP contribution in [0.1, 0.15) is 18.3 Å². The monoisotopic (exact) mass is 266 g/mol. The van der Waals surface area contributed by atoms with E-state index in [9.17, 15) is 4.79 Å². The fourth-order valence-electron chi connectivity index (χ4n) is 2.31. The van der Waals surface area contributed by atoms with E-state index in [-0.39, 0.29) is 11.9 Å². The first-order chi connectivity index (χ1) is 9.00. The van der Waals surface area contributed by atoms with Gasteiger partial charge in [0, 0.05) is 20.1 Å². The number of aryl methyl sites for hydroxylation is 2. The van der Waals surface area contributed by atoms with Gasteiger partial charge in [-0.05, 0) is 20.8 Å². The number of anilines is 1. The van der Waals surface area contributed by atoms with Crippen molar-refractivity contribution in [3.05, 3.63) is 11.4 Å². The summed E-state index contributed by atoms with van der Waals surface area (Å²) in [4.78, 5) is 14.4. The number of rotatable bonds is 3. The molecule has 0 aromatic carbocycles. The van der Waals surface area contributed by atoms with Crippen LogP contribution in [0.2, 0.25) is 0 Å². The minimum Gasteiger partial charge on any atom is -0.379 e. The van der Waals surface area contributed by atoms with Gasteiger partial charge in [-0.3, -0.25) is 14.4 Å². The highest BCUT2D eigenvalue weighted by molar-refractivity contribution is 5.95. The molecule has 2 rings (SSSR count). The molecule has 19 heavy (non-hydrogen) atoms. The highest BCUT2D eigenvalue weighted by atomic mass is 16.5. The van der Waals surface area contributed by atoms with Crippen LogP contribution in [-0.2, 0) is 16.6 Å². The second-order valence-corrected chi connectivity index (χ2v) is 4.98. The van der Waals surface area contributed by atoms with Gasteiger partial charge < -0.3 is 10.1 Å². The molecule has 1 N–H and O–H groups in total. The van der Waals surface area contributed by atoms with E-state index in [4.69, 9.17) is 4.74 Å². The molecular weight excluding hydrogens is 244 g/mol. The van der Waals surface area contributed by atoms with Crippen LogP contribution in [0.3, 0.4) is 0 Å². The Labute approximate surface area is 113 Å². The molecule has 1 fully saturated rings. The number of nitrogens with one attached hydrogen (secondary N) is 1. The average molecular weight is 266 g/mol. The van der Waals surface area contributed by atoms with Gasteiger partial charge in [0.25, 0.3) is 0 Å². The van der Waals surface area contributed by atoms with Crippen molar-refractivity contribution in [2.45, 2.75) is 26.8 Å². The lowest BCUT2D eigenvalue weighted by Gasteiger charge is -2.31. The largest absolute Gasteiger partial charge is 0.379 e. The van der Waals surface area contributed by atoms with Gasteiger partial charge in [-0.2, -0.15) is 5.10 Å². The Morgan fingerprint density at radius 2 is 2.00 bits per heavy atom. The quantitative estimate of drug-likeness (QED) is 0.875. The summed E-state index contributed by atoms with van der Waals surface area (Å²) in [5, 5.41) is 7.30. The molecule has 1 saturated heterocycles. The van der Waals surface area contributed by atoms with E-state index < -0.39 is 0 Å². The summed E-state index contributed by atoms with van der Waals surface area (Å²) in [7, 11) is 1.88. The standard InChI is InChI=1S/C13H22N4O2/c1-9-12(10(2)16(4)15-9)14-13(18)11(3)17-5-7-19-8-6-17/h11H,5-8H2,1-4H3,(H,14,18)/t11-/m0/s1. The van der Waals surface area contributed by atoms with Crippen molar-refractivity contribution >= 4 is 11.6 Å². The van der Waals surface area contributed by atoms with Crippen LogP contribution in [0.4, 0.5) is 5.69 Å². The molecule has 1 atom stereocenters. The number of hydrogen-bond acceptors (Lipinski definition) is 4. The number of aromatic nitrogens is 2. The Morgan fingerprint density at radius 1 is 1.37 bits per heavy atom. The van der Waals surface area contributed by atoms with E-state index in [0.29, 0.717) is 13.2 Å². The van der Waals surface area contributed by atoms with E-state index in [1.165, 1.54) is 0 Å². The van der Waals surface area contributed by atoms with Gasteiger partial charge in [0.2, 0.25) is 5.91 Å². The molecule has 1 aliphatic rings. The minimum absolute atomic E-state index is 0.0149. The summed E-state index contributed by atoms with van der Waals surface area (Å²) in [5.41, 5.74) is 2.65. The van der Waals surface area contributed by atoms with Gasteiger partial charge in [-0.15, -0.1) is 0 Å². The van der Waals surface area contributed by atoms with Crippen LogP contribution in [-0.4, -0.2) is 52.9 Å². The Kier molecular flexibility index (Phi) is 4.21. The molecule has 6 heteroatoms. The molecule has 1 aromatic rings. The fraction of sp³-hybridized carbons (Fsp3) is 0.692. The molecule has 0 spiro atoms. The molecule has 6 nitrogen and oxygen atoms in total. The van der Waals surface area contributed by atoms with Crippen molar-refractivity contribution in [2.24, 2.45) is 7.05 Å². The molecule has 1 aromatic heterocycles. The maximum absolute atomic E-state index is 12.3. The minimum atomic E-state index is -0.150. The lowest BCUT2D eigenvalue weighted by molar-refractivity contribution is -0.122. The first kappa shape index (κ1) is 14.0. The molecular formula is C13H22N4O2. The third-order valence-electron chi connectivity index (χ3n) is 3.73. The number of hydrogen-bond donors (Lipinski definition) is 1. The van der Waals surface area contributed by atoms with Crippen LogP contribution < -0.4 is 5.32 Å². The van der Waals surface area contributed by atoms with E-state index in [0.717, 1.165) is 30.2 Å². The molecule has 0 radical (unpaired) electrons. The number of morpholine rings is 1. The molecule has 0 saturated carbocycles.